The van der Waals surface area contributed by atoms with Crippen LogP contribution in [0.1, 0.15) is 32.1 Å². The van der Waals surface area contributed by atoms with Crippen molar-refractivity contribution in [2.75, 3.05) is 18.5 Å². The highest BCUT2D eigenvalue weighted by Gasteiger charge is 2.41. The third kappa shape index (κ3) is 2.41. The first kappa shape index (κ1) is 13.5. The lowest BCUT2D eigenvalue weighted by atomic mass is 9.86. The number of nitrogens with one attached hydrogen (secondary N) is 1. The summed E-state index contributed by atoms with van der Waals surface area (Å²) in [6.07, 6.45) is 5.93. The van der Waals surface area contributed by atoms with Crippen LogP contribution in [-0.4, -0.2) is 25.5 Å². The Morgan fingerprint density at radius 3 is 2.70 bits per heavy atom. The molecule has 20 heavy (non-hydrogen) atoms. The van der Waals surface area contributed by atoms with E-state index in [-0.39, 0.29) is 11.8 Å². The number of hydrogen-bond donors (Lipinski definition) is 1. The van der Waals surface area contributed by atoms with Gasteiger partial charge in [-0.1, -0.05) is 24.6 Å². The van der Waals surface area contributed by atoms with Crippen LogP contribution >= 0.6 is 0 Å². The Morgan fingerprint density at radius 2 is 1.95 bits per heavy atom. The standard InChI is InChI=1S/C17H24N2O/c1-18-17(20)15-10-5-9-14(15)16-11-6-12-19(16)13-7-3-2-4-8-13/h2-4,7-8,14-16H,5-6,9-12H2,1H3,(H,18,20). The maximum atomic E-state index is 12.1. The van der Waals surface area contributed by atoms with Gasteiger partial charge in [-0.3, -0.25) is 4.79 Å². The zero-order valence-corrected chi connectivity index (χ0v) is 12.2. The molecule has 1 N–H and O–H groups in total. The molecule has 2 aliphatic rings. The van der Waals surface area contributed by atoms with Crippen LogP contribution in [0.25, 0.3) is 0 Å². The van der Waals surface area contributed by atoms with E-state index in [0.29, 0.717) is 12.0 Å². The number of hydrogen-bond acceptors (Lipinski definition) is 2. The summed E-state index contributed by atoms with van der Waals surface area (Å²) in [7, 11) is 1.77. The van der Waals surface area contributed by atoms with Crippen molar-refractivity contribution in [2.45, 2.75) is 38.1 Å². The van der Waals surface area contributed by atoms with Crippen LogP contribution in [0.3, 0.4) is 0 Å². The number of carbonyl (C=O) groups is 1. The van der Waals surface area contributed by atoms with Gasteiger partial charge >= 0.3 is 0 Å². The largest absolute Gasteiger partial charge is 0.368 e. The van der Waals surface area contributed by atoms with Crippen molar-refractivity contribution in [1.82, 2.24) is 5.32 Å². The lowest BCUT2D eigenvalue weighted by molar-refractivity contribution is -0.125. The van der Waals surface area contributed by atoms with E-state index in [1.54, 1.807) is 7.05 Å². The second-order valence-corrected chi connectivity index (χ2v) is 6.05. The van der Waals surface area contributed by atoms with E-state index in [4.69, 9.17) is 0 Å². The molecule has 0 spiro atoms. The first-order valence-corrected chi connectivity index (χ1v) is 7.84. The topological polar surface area (TPSA) is 32.3 Å². The van der Waals surface area contributed by atoms with Crippen LogP contribution in [0.2, 0.25) is 0 Å². The van der Waals surface area contributed by atoms with Crippen molar-refractivity contribution in [3.8, 4) is 0 Å². The zero-order chi connectivity index (χ0) is 13.9. The lowest BCUT2D eigenvalue weighted by Gasteiger charge is -2.34. The summed E-state index contributed by atoms with van der Waals surface area (Å²) in [5.74, 6) is 0.986. The maximum Gasteiger partial charge on any atom is 0.223 e. The Hall–Kier alpha value is -1.51. The third-order valence-corrected chi connectivity index (χ3v) is 5.03. The second-order valence-electron chi connectivity index (χ2n) is 6.05. The van der Waals surface area contributed by atoms with Gasteiger partial charge in [-0.05, 0) is 43.7 Å². The van der Waals surface area contributed by atoms with Gasteiger partial charge in [0.15, 0.2) is 0 Å². The average molecular weight is 272 g/mol. The minimum Gasteiger partial charge on any atom is -0.368 e. The minimum atomic E-state index is 0.217. The van der Waals surface area contributed by atoms with Gasteiger partial charge < -0.3 is 10.2 Å². The molecule has 3 unspecified atom stereocenters. The van der Waals surface area contributed by atoms with Gasteiger partial charge in [0.1, 0.15) is 0 Å². The van der Waals surface area contributed by atoms with Crippen molar-refractivity contribution >= 4 is 11.6 Å². The van der Waals surface area contributed by atoms with Crippen LogP contribution in [0.4, 0.5) is 5.69 Å². The van der Waals surface area contributed by atoms with Crippen molar-refractivity contribution < 1.29 is 4.79 Å². The van der Waals surface area contributed by atoms with E-state index in [1.165, 1.54) is 31.4 Å². The summed E-state index contributed by atoms with van der Waals surface area (Å²) < 4.78 is 0. The van der Waals surface area contributed by atoms with Crippen molar-refractivity contribution in [3.63, 3.8) is 0 Å². The molecule has 1 aromatic carbocycles. The molecule has 1 aliphatic carbocycles. The number of para-hydroxylation sites is 1. The van der Waals surface area contributed by atoms with E-state index >= 15 is 0 Å². The van der Waals surface area contributed by atoms with Gasteiger partial charge in [-0.15, -0.1) is 0 Å². The minimum absolute atomic E-state index is 0.217. The number of rotatable bonds is 3. The van der Waals surface area contributed by atoms with Crippen LogP contribution in [-0.2, 0) is 4.79 Å². The van der Waals surface area contributed by atoms with Gasteiger partial charge in [0, 0.05) is 31.2 Å². The van der Waals surface area contributed by atoms with Crippen LogP contribution < -0.4 is 10.2 Å². The average Bonchev–Trinajstić information content (AvgIpc) is 3.15. The smallest absolute Gasteiger partial charge is 0.223 e. The van der Waals surface area contributed by atoms with Crippen molar-refractivity contribution in [2.24, 2.45) is 11.8 Å². The first-order valence-electron chi connectivity index (χ1n) is 7.84. The molecule has 3 rings (SSSR count). The SMILES string of the molecule is CNC(=O)C1CCCC1C1CCCN1c1ccccc1. The highest BCUT2D eigenvalue weighted by molar-refractivity contribution is 5.79. The predicted molar refractivity (Wildman–Crippen MR) is 81.7 cm³/mol. The fourth-order valence-corrected chi connectivity index (χ4v) is 4.14. The van der Waals surface area contributed by atoms with Gasteiger partial charge in [0.25, 0.3) is 0 Å². The molecular weight excluding hydrogens is 248 g/mol. The number of benzene rings is 1. The Bertz CT molecular complexity index is 459. The fraction of sp³-hybridized carbons (Fsp3) is 0.588. The molecule has 1 saturated carbocycles. The Kier molecular flexibility index (Phi) is 3.95. The van der Waals surface area contributed by atoms with E-state index in [1.807, 2.05) is 0 Å². The monoisotopic (exact) mass is 272 g/mol. The fourth-order valence-electron chi connectivity index (χ4n) is 4.14. The normalized spacial score (nSPS) is 29.6. The first-order chi connectivity index (χ1) is 9.81. The van der Waals surface area contributed by atoms with E-state index in [0.717, 1.165) is 13.0 Å². The Labute approximate surface area is 121 Å². The third-order valence-electron chi connectivity index (χ3n) is 5.03. The van der Waals surface area contributed by atoms with E-state index in [2.05, 4.69) is 40.5 Å². The molecule has 1 amide bonds. The zero-order valence-electron chi connectivity index (χ0n) is 12.2. The maximum absolute atomic E-state index is 12.1. The van der Waals surface area contributed by atoms with Crippen LogP contribution in [0.5, 0.6) is 0 Å². The molecule has 1 aliphatic heterocycles. The Morgan fingerprint density at radius 1 is 1.15 bits per heavy atom. The van der Waals surface area contributed by atoms with Crippen LogP contribution in [0.15, 0.2) is 30.3 Å². The quantitative estimate of drug-likeness (QED) is 0.917. The van der Waals surface area contributed by atoms with Gasteiger partial charge in [0.2, 0.25) is 5.91 Å². The summed E-state index contributed by atoms with van der Waals surface area (Å²) in [5.41, 5.74) is 1.32. The lowest BCUT2D eigenvalue weighted by Crippen LogP contribution is -2.41. The summed E-state index contributed by atoms with van der Waals surface area (Å²) in [6, 6.07) is 11.2. The van der Waals surface area contributed by atoms with Gasteiger partial charge in [-0.2, -0.15) is 0 Å². The second kappa shape index (κ2) is 5.86. The molecule has 0 bridgehead atoms. The van der Waals surface area contributed by atoms with E-state index in [9.17, 15) is 4.79 Å². The summed E-state index contributed by atoms with van der Waals surface area (Å²) >= 11 is 0. The van der Waals surface area contributed by atoms with Crippen LogP contribution in [0, 0.1) is 11.8 Å². The molecule has 0 radical (unpaired) electrons. The van der Waals surface area contributed by atoms with Gasteiger partial charge in [0.05, 0.1) is 0 Å². The highest BCUT2D eigenvalue weighted by atomic mass is 16.1. The molecule has 1 saturated heterocycles. The highest BCUT2D eigenvalue weighted by Crippen LogP contribution is 2.41. The Balaban J connectivity index is 1.80. The molecule has 108 valence electrons. The summed E-state index contributed by atoms with van der Waals surface area (Å²) in [5, 5.41) is 2.86. The number of nitrogens with zero attached hydrogens (tertiary/aromatic N) is 1. The number of carbonyl (C=O) groups excluding carboxylic acids is 1. The molecule has 3 heteroatoms. The predicted octanol–water partition coefficient (Wildman–Crippen LogP) is 2.82. The summed E-state index contributed by atoms with van der Waals surface area (Å²) in [6.45, 7) is 1.13. The van der Waals surface area contributed by atoms with Crippen molar-refractivity contribution in [3.05, 3.63) is 30.3 Å². The molecule has 3 nitrogen and oxygen atoms in total. The number of anilines is 1. The number of amides is 1. The molecule has 1 aromatic rings. The molecule has 0 aromatic heterocycles. The van der Waals surface area contributed by atoms with Gasteiger partial charge in [-0.25, -0.2) is 0 Å². The molecule has 1 heterocycles. The van der Waals surface area contributed by atoms with E-state index < -0.39 is 0 Å². The molecule has 3 atom stereocenters. The summed E-state index contributed by atoms with van der Waals surface area (Å²) in [4.78, 5) is 14.6. The molecular formula is C17H24N2O. The van der Waals surface area contributed by atoms with Crippen molar-refractivity contribution in [1.29, 1.82) is 0 Å². The molecule has 2 fully saturated rings.